The summed E-state index contributed by atoms with van der Waals surface area (Å²) in [5.41, 5.74) is -0.597. The lowest BCUT2D eigenvalue weighted by Gasteiger charge is -2.39. The molecule has 0 aromatic carbocycles. The Balaban J connectivity index is 2.43. The van der Waals surface area contributed by atoms with Gasteiger partial charge in [0, 0.05) is 6.54 Å². The van der Waals surface area contributed by atoms with Crippen molar-refractivity contribution in [1.29, 1.82) is 0 Å². The molecule has 1 rings (SSSR count). The molecule has 1 aliphatic heterocycles. The molecule has 1 unspecified atom stereocenters. The lowest BCUT2D eigenvalue weighted by Crippen LogP contribution is -2.45. The van der Waals surface area contributed by atoms with Gasteiger partial charge in [-0.2, -0.15) is 0 Å². The van der Waals surface area contributed by atoms with Gasteiger partial charge in [0.05, 0.1) is 5.41 Å². The van der Waals surface area contributed by atoms with Gasteiger partial charge in [0.15, 0.2) is 0 Å². The Bertz CT molecular complexity index is 277. The topological polar surface area (TPSA) is 43.8 Å². The molecule has 1 atom stereocenters. The number of rotatable bonds is 6. The summed E-state index contributed by atoms with van der Waals surface area (Å²) in [6.45, 7) is 7.98. The van der Waals surface area contributed by atoms with E-state index in [0.29, 0.717) is 0 Å². The Morgan fingerprint density at radius 3 is 2.67 bits per heavy atom. The van der Waals surface area contributed by atoms with E-state index in [0.717, 1.165) is 45.4 Å². The molecule has 0 spiro atoms. The van der Waals surface area contributed by atoms with Gasteiger partial charge >= 0.3 is 5.97 Å². The molecule has 0 radical (unpaired) electrons. The summed E-state index contributed by atoms with van der Waals surface area (Å²) in [5.74, 6) is -0.384. The minimum Gasteiger partial charge on any atom is -0.481 e. The maximum absolute atomic E-state index is 11.3. The monoisotopic (exact) mass is 256 g/mol. The van der Waals surface area contributed by atoms with Crippen LogP contribution in [-0.4, -0.2) is 61.2 Å². The van der Waals surface area contributed by atoms with E-state index in [1.807, 2.05) is 13.8 Å². The number of hydrogen-bond acceptors (Lipinski definition) is 3. The first-order valence-electron chi connectivity index (χ1n) is 6.94. The zero-order valence-electron chi connectivity index (χ0n) is 12.3. The van der Waals surface area contributed by atoms with Gasteiger partial charge in [0.1, 0.15) is 0 Å². The molecule has 1 fully saturated rings. The molecule has 18 heavy (non-hydrogen) atoms. The SMILES string of the molecule is CN(C)CCCN1CCCC(C(C)(C)C(=O)O)C1. The molecule has 1 saturated heterocycles. The van der Waals surface area contributed by atoms with E-state index >= 15 is 0 Å². The second-order valence-electron chi connectivity index (χ2n) is 6.32. The van der Waals surface area contributed by atoms with Crippen molar-refractivity contribution in [2.75, 3.05) is 40.3 Å². The molecule has 0 saturated carbocycles. The maximum Gasteiger partial charge on any atom is 0.309 e. The highest BCUT2D eigenvalue weighted by atomic mass is 16.4. The molecule has 106 valence electrons. The van der Waals surface area contributed by atoms with E-state index in [9.17, 15) is 9.90 Å². The number of nitrogens with zero attached hydrogens (tertiary/aromatic N) is 2. The largest absolute Gasteiger partial charge is 0.481 e. The normalized spacial score (nSPS) is 22.4. The molecule has 1 heterocycles. The molecule has 0 bridgehead atoms. The average molecular weight is 256 g/mol. The number of hydrogen-bond donors (Lipinski definition) is 1. The van der Waals surface area contributed by atoms with Gasteiger partial charge in [0.25, 0.3) is 0 Å². The molecule has 0 aromatic heterocycles. The number of aliphatic carboxylic acids is 1. The highest BCUT2D eigenvalue weighted by molar-refractivity contribution is 5.74. The van der Waals surface area contributed by atoms with Crippen molar-refractivity contribution in [2.45, 2.75) is 33.1 Å². The highest BCUT2D eigenvalue weighted by Crippen LogP contribution is 2.34. The van der Waals surface area contributed by atoms with Crippen molar-refractivity contribution in [3.63, 3.8) is 0 Å². The second-order valence-corrected chi connectivity index (χ2v) is 6.32. The van der Waals surface area contributed by atoms with Gasteiger partial charge in [-0.1, -0.05) is 0 Å². The van der Waals surface area contributed by atoms with Gasteiger partial charge in [-0.05, 0) is 72.8 Å². The molecule has 0 amide bonds. The Morgan fingerprint density at radius 2 is 2.11 bits per heavy atom. The molecule has 0 aromatic rings. The standard InChI is InChI=1S/C14H28N2O2/c1-14(2,13(17)18)12-7-5-9-16(11-12)10-6-8-15(3)4/h12H,5-11H2,1-4H3,(H,17,18). The maximum atomic E-state index is 11.3. The Kier molecular flexibility index (Phi) is 5.60. The Morgan fingerprint density at radius 1 is 1.44 bits per heavy atom. The van der Waals surface area contributed by atoms with Crippen molar-refractivity contribution < 1.29 is 9.90 Å². The Hall–Kier alpha value is -0.610. The van der Waals surface area contributed by atoms with Crippen LogP contribution in [-0.2, 0) is 4.79 Å². The number of carboxylic acid groups (broad SMARTS) is 1. The van der Waals surface area contributed by atoms with Crippen LogP contribution in [0.2, 0.25) is 0 Å². The van der Waals surface area contributed by atoms with Crippen LogP contribution in [0.4, 0.5) is 0 Å². The number of piperidine rings is 1. The summed E-state index contributed by atoms with van der Waals surface area (Å²) in [7, 11) is 4.18. The second kappa shape index (κ2) is 6.53. The number of carbonyl (C=O) groups is 1. The van der Waals surface area contributed by atoms with Gasteiger partial charge < -0.3 is 14.9 Å². The van der Waals surface area contributed by atoms with Crippen LogP contribution < -0.4 is 0 Å². The van der Waals surface area contributed by atoms with Crippen molar-refractivity contribution in [1.82, 2.24) is 9.80 Å². The fraction of sp³-hybridized carbons (Fsp3) is 0.929. The van der Waals surface area contributed by atoms with Crippen LogP contribution >= 0.6 is 0 Å². The van der Waals surface area contributed by atoms with E-state index in [1.165, 1.54) is 0 Å². The third-order valence-electron chi connectivity index (χ3n) is 4.16. The van der Waals surface area contributed by atoms with E-state index in [1.54, 1.807) is 0 Å². The van der Waals surface area contributed by atoms with Crippen LogP contribution in [0, 0.1) is 11.3 Å². The van der Waals surface area contributed by atoms with Gasteiger partial charge in [-0.3, -0.25) is 4.79 Å². The van der Waals surface area contributed by atoms with Crippen LogP contribution in [0.25, 0.3) is 0 Å². The first kappa shape index (κ1) is 15.4. The summed E-state index contributed by atoms with van der Waals surface area (Å²) in [4.78, 5) is 15.9. The zero-order chi connectivity index (χ0) is 13.8. The van der Waals surface area contributed by atoms with Gasteiger partial charge in [-0.15, -0.1) is 0 Å². The lowest BCUT2D eigenvalue weighted by molar-refractivity contribution is -0.151. The smallest absolute Gasteiger partial charge is 0.309 e. The fourth-order valence-corrected chi connectivity index (χ4v) is 2.63. The average Bonchev–Trinajstić information content (AvgIpc) is 2.28. The minimum atomic E-state index is -0.664. The molecular weight excluding hydrogens is 228 g/mol. The van der Waals surface area contributed by atoms with Crippen molar-refractivity contribution in [3.8, 4) is 0 Å². The first-order valence-corrected chi connectivity index (χ1v) is 6.94. The quantitative estimate of drug-likeness (QED) is 0.786. The molecule has 4 nitrogen and oxygen atoms in total. The number of likely N-dealkylation sites (tertiary alicyclic amines) is 1. The van der Waals surface area contributed by atoms with Crippen LogP contribution in [0.3, 0.4) is 0 Å². The van der Waals surface area contributed by atoms with Crippen LogP contribution in [0.5, 0.6) is 0 Å². The van der Waals surface area contributed by atoms with Crippen molar-refractivity contribution in [3.05, 3.63) is 0 Å². The van der Waals surface area contributed by atoms with Crippen molar-refractivity contribution >= 4 is 5.97 Å². The molecule has 1 N–H and O–H groups in total. The first-order chi connectivity index (χ1) is 8.34. The minimum absolute atomic E-state index is 0.281. The third-order valence-corrected chi connectivity index (χ3v) is 4.16. The highest BCUT2D eigenvalue weighted by Gasteiger charge is 2.38. The van der Waals surface area contributed by atoms with E-state index in [2.05, 4.69) is 23.9 Å². The molecule has 4 heteroatoms. The third kappa shape index (κ3) is 4.25. The van der Waals surface area contributed by atoms with E-state index in [-0.39, 0.29) is 5.92 Å². The van der Waals surface area contributed by atoms with Crippen LogP contribution in [0.15, 0.2) is 0 Å². The molecule has 1 aliphatic rings. The summed E-state index contributed by atoms with van der Waals surface area (Å²) in [6, 6.07) is 0. The summed E-state index contributed by atoms with van der Waals surface area (Å²) >= 11 is 0. The van der Waals surface area contributed by atoms with Gasteiger partial charge in [-0.25, -0.2) is 0 Å². The summed E-state index contributed by atoms with van der Waals surface area (Å²) < 4.78 is 0. The zero-order valence-corrected chi connectivity index (χ0v) is 12.3. The van der Waals surface area contributed by atoms with Crippen molar-refractivity contribution in [2.24, 2.45) is 11.3 Å². The number of carboxylic acids is 1. The lowest BCUT2D eigenvalue weighted by atomic mass is 9.74. The summed E-state index contributed by atoms with van der Waals surface area (Å²) in [6.07, 6.45) is 3.33. The summed E-state index contributed by atoms with van der Waals surface area (Å²) in [5, 5.41) is 9.30. The van der Waals surface area contributed by atoms with E-state index < -0.39 is 11.4 Å². The fourth-order valence-electron chi connectivity index (χ4n) is 2.63. The molecular formula is C14H28N2O2. The van der Waals surface area contributed by atoms with Crippen LogP contribution in [0.1, 0.15) is 33.1 Å². The predicted octanol–water partition coefficient (Wildman–Crippen LogP) is 1.76. The van der Waals surface area contributed by atoms with Gasteiger partial charge in [0.2, 0.25) is 0 Å². The van der Waals surface area contributed by atoms with E-state index in [4.69, 9.17) is 0 Å². The predicted molar refractivity (Wildman–Crippen MR) is 73.8 cm³/mol. The Labute approximate surface area is 111 Å². The molecule has 0 aliphatic carbocycles.